The molecule has 2 aromatic carbocycles. The van der Waals surface area contributed by atoms with E-state index in [9.17, 15) is 4.79 Å². The predicted molar refractivity (Wildman–Crippen MR) is 146 cm³/mol. The molecule has 5 rings (SSSR count). The van der Waals surface area contributed by atoms with Crippen molar-refractivity contribution in [3.8, 4) is 11.4 Å². The van der Waals surface area contributed by atoms with Gasteiger partial charge in [0.25, 0.3) is 5.91 Å². The Balaban J connectivity index is 1.42. The van der Waals surface area contributed by atoms with Crippen molar-refractivity contribution >= 4 is 39.8 Å². The van der Waals surface area contributed by atoms with Crippen molar-refractivity contribution in [2.75, 3.05) is 6.61 Å². The zero-order valence-electron chi connectivity index (χ0n) is 20.9. The molecule has 3 aromatic rings. The average molecular weight is 498 g/mol. The Morgan fingerprint density at radius 3 is 2.47 bits per heavy atom. The molecule has 0 unspecified atom stereocenters. The van der Waals surface area contributed by atoms with Crippen molar-refractivity contribution in [2.24, 2.45) is 10.1 Å². The molecule has 1 N–H and O–H groups in total. The number of hydrogen-bond donors (Lipinski definition) is 1. The number of ether oxygens (including phenoxy) is 1. The van der Waals surface area contributed by atoms with Gasteiger partial charge in [-0.05, 0) is 92.9 Å². The van der Waals surface area contributed by atoms with E-state index < -0.39 is 5.91 Å². The van der Waals surface area contributed by atoms with Crippen LogP contribution in [-0.2, 0) is 4.79 Å². The lowest BCUT2D eigenvalue weighted by molar-refractivity contribution is -0.114. The van der Waals surface area contributed by atoms with Gasteiger partial charge in [-0.15, -0.1) is 0 Å². The molecule has 1 aromatic heterocycles. The lowest BCUT2D eigenvalue weighted by Crippen LogP contribution is -2.35. The number of aryl methyl sites for hydroxylation is 4. The van der Waals surface area contributed by atoms with Crippen molar-refractivity contribution in [1.29, 1.82) is 5.41 Å². The normalized spacial score (nSPS) is 16.4. The Labute approximate surface area is 214 Å². The molecule has 0 aliphatic carbocycles. The highest BCUT2D eigenvalue weighted by molar-refractivity contribution is 8.27. The predicted octanol–water partition coefficient (Wildman–Crippen LogP) is 5.72. The van der Waals surface area contributed by atoms with E-state index in [1.54, 1.807) is 6.08 Å². The van der Waals surface area contributed by atoms with Crippen molar-refractivity contribution in [3.63, 3.8) is 0 Å². The van der Waals surface area contributed by atoms with Crippen LogP contribution in [0.15, 0.2) is 64.2 Å². The van der Waals surface area contributed by atoms with Gasteiger partial charge in [-0.1, -0.05) is 30.3 Å². The average Bonchev–Trinajstić information content (AvgIpc) is 3.36. The molecule has 0 spiro atoms. The maximum atomic E-state index is 12.9. The quantitative estimate of drug-likeness (QED) is 0.457. The number of aliphatic imine (C=N–C) groups is 1. The highest BCUT2D eigenvalue weighted by Crippen LogP contribution is 2.31. The fourth-order valence-electron chi connectivity index (χ4n) is 4.53. The first-order chi connectivity index (χ1) is 17.2. The van der Waals surface area contributed by atoms with Crippen LogP contribution in [0.5, 0.6) is 5.75 Å². The first-order valence-electron chi connectivity index (χ1n) is 11.7. The SMILES string of the molecule is Cc1cccc(OCC2=NN3C(=N)/C(=C\c4cc(C)n(-c5c(C)cccc5C)c4C)C(=O)N=C3S2)c1. The first-order valence-corrected chi connectivity index (χ1v) is 12.5. The largest absolute Gasteiger partial charge is 0.487 e. The van der Waals surface area contributed by atoms with Gasteiger partial charge in [-0.25, -0.2) is 0 Å². The number of nitrogens with zero attached hydrogens (tertiary/aromatic N) is 4. The van der Waals surface area contributed by atoms with E-state index in [-0.39, 0.29) is 18.0 Å². The highest BCUT2D eigenvalue weighted by atomic mass is 32.2. The Morgan fingerprint density at radius 2 is 1.75 bits per heavy atom. The number of fused-ring (bicyclic) bond motifs is 1. The van der Waals surface area contributed by atoms with Gasteiger partial charge in [0.05, 0.1) is 11.3 Å². The number of carbonyl (C=O) groups excluding carboxylic acids is 1. The molecule has 1 amide bonds. The molecule has 182 valence electrons. The van der Waals surface area contributed by atoms with E-state index in [4.69, 9.17) is 10.1 Å². The van der Waals surface area contributed by atoms with Gasteiger partial charge in [0.2, 0.25) is 5.17 Å². The van der Waals surface area contributed by atoms with Crippen molar-refractivity contribution < 1.29 is 9.53 Å². The molecule has 0 saturated heterocycles. The van der Waals surface area contributed by atoms with E-state index in [0.29, 0.717) is 10.2 Å². The van der Waals surface area contributed by atoms with Crippen LogP contribution in [0, 0.1) is 40.0 Å². The topological polar surface area (TPSA) is 83.0 Å². The molecule has 8 heteroatoms. The molecule has 0 fully saturated rings. The third kappa shape index (κ3) is 4.28. The summed E-state index contributed by atoms with van der Waals surface area (Å²) in [5.41, 5.74) is 7.74. The van der Waals surface area contributed by atoms with Crippen LogP contribution in [0.3, 0.4) is 0 Å². The van der Waals surface area contributed by atoms with Gasteiger partial charge in [-0.2, -0.15) is 15.1 Å². The van der Waals surface area contributed by atoms with Gasteiger partial charge in [0.1, 0.15) is 17.4 Å². The Kier molecular flexibility index (Phi) is 6.14. The van der Waals surface area contributed by atoms with Crippen molar-refractivity contribution in [1.82, 2.24) is 9.58 Å². The molecular weight excluding hydrogens is 470 g/mol. The standard InChI is InChI=1S/C28H27N5O2S/c1-16-8-6-11-22(12-16)35-15-24-31-33-26(29)23(27(34)30-28(33)36-24)14-21-13-19(4)32(20(21)5)25-17(2)9-7-10-18(25)3/h6-14,29H,15H2,1-5H3/b23-14+,29-26?. The van der Waals surface area contributed by atoms with Crippen LogP contribution in [0.4, 0.5) is 0 Å². The number of amides is 1. The number of para-hydroxylation sites is 1. The molecule has 0 radical (unpaired) electrons. The minimum Gasteiger partial charge on any atom is -0.487 e. The Bertz CT molecular complexity index is 1490. The van der Waals surface area contributed by atoms with E-state index in [1.807, 2.05) is 51.1 Å². The number of aromatic nitrogens is 1. The van der Waals surface area contributed by atoms with Gasteiger partial charge in [-0.3, -0.25) is 10.2 Å². The van der Waals surface area contributed by atoms with Crippen LogP contribution >= 0.6 is 11.8 Å². The van der Waals surface area contributed by atoms with Crippen molar-refractivity contribution in [2.45, 2.75) is 34.6 Å². The number of benzene rings is 2. The fraction of sp³-hybridized carbons (Fsp3) is 0.214. The number of carbonyl (C=O) groups is 1. The van der Waals surface area contributed by atoms with E-state index >= 15 is 0 Å². The lowest BCUT2D eigenvalue weighted by atomic mass is 10.1. The number of nitrogens with one attached hydrogen (secondary N) is 1. The summed E-state index contributed by atoms with van der Waals surface area (Å²) in [5, 5.41) is 15.7. The molecular formula is C28H27N5O2S. The summed E-state index contributed by atoms with van der Waals surface area (Å²) in [6, 6.07) is 16.1. The molecule has 7 nitrogen and oxygen atoms in total. The van der Waals surface area contributed by atoms with Crippen LogP contribution < -0.4 is 4.74 Å². The summed E-state index contributed by atoms with van der Waals surface area (Å²) in [5.74, 6) is 0.322. The maximum Gasteiger partial charge on any atom is 0.283 e. The van der Waals surface area contributed by atoms with Crippen LogP contribution in [0.2, 0.25) is 0 Å². The zero-order chi connectivity index (χ0) is 25.6. The summed E-state index contributed by atoms with van der Waals surface area (Å²) in [6.07, 6.45) is 1.75. The second kappa shape index (κ2) is 9.28. The van der Waals surface area contributed by atoms with E-state index in [1.165, 1.54) is 27.9 Å². The van der Waals surface area contributed by atoms with Crippen LogP contribution in [-0.4, -0.2) is 38.1 Å². The summed E-state index contributed by atoms with van der Waals surface area (Å²) in [7, 11) is 0. The highest BCUT2D eigenvalue weighted by Gasteiger charge is 2.36. The third-order valence-corrected chi connectivity index (χ3v) is 7.16. The maximum absolute atomic E-state index is 12.9. The van der Waals surface area contributed by atoms with Gasteiger partial charge in [0, 0.05) is 11.4 Å². The number of hydrogen-bond acceptors (Lipinski definition) is 5. The molecule has 0 bridgehead atoms. The first kappa shape index (κ1) is 23.8. The zero-order valence-corrected chi connectivity index (χ0v) is 21.7. The monoisotopic (exact) mass is 497 g/mol. The Morgan fingerprint density at radius 1 is 1.03 bits per heavy atom. The summed E-state index contributed by atoms with van der Waals surface area (Å²) < 4.78 is 8.05. The molecule has 0 saturated carbocycles. The molecule has 3 heterocycles. The minimum absolute atomic E-state index is 0.0138. The molecule has 36 heavy (non-hydrogen) atoms. The molecule has 2 aliphatic rings. The number of amidine groups is 2. The van der Waals surface area contributed by atoms with Gasteiger partial charge < -0.3 is 9.30 Å². The molecule has 0 atom stereocenters. The Hall–Kier alpha value is -3.91. The van der Waals surface area contributed by atoms with Crippen molar-refractivity contribution in [3.05, 3.63) is 87.7 Å². The third-order valence-electron chi connectivity index (χ3n) is 6.28. The minimum atomic E-state index is -0.438. The summed E-state index contributed by atoms with van der Waals surface area (Å²) in [6.45, 7) is 10.5. The summed E-state index contributed by atoms with van der Waals surface area (Å²) >= 11 is 1.25. The fourth-order valence-corrected chi connectivity index (χ4v) is 5.33. The van der Waals surface area contributed by atoms with E-state index in [0.717, 1.165) is 34.0 Å². The number of hydrazone groups is 1. The molecule has 2 aliphatic heterocycles. The van der Waals surface area contributed by atoms with Crippen LogP contribution in [0.25, 0.3) is 11.8 Å². The number of thioether (sulfide) groups is 1. The van der Waals surface area contributed by atoms with Gasteiger partial charge >= 0.3 is 0 Å². The number of rotatable bonds is 5. The van der Waals surface area contributed by atoms with Crippen LogP contribution in [0.1, 0.15) is 33.6 Å². The van der Waals surface area contributed by atoms with E-state index in [2.05, 4.69) is 46.7 Å². The lowest BCUT2D eigenvalue weighted by Gasteiger charge is -2.20. The van der Waals surface area contributed by atoms with Gasteiger partial charge in [0.15, 0.2) is 5.84 Å². The second-order valence-corrected chi connectivity index (χ2v) is 10.1. The smallest absolute Gasteiger partial charge is 0.283 e. The summed E-state index contributed by atoms with van der Waals surface area (Å²) in [4.78, 5) is 17.1. The second-order valence-electron chi connectivity index (χ2n) is 9.02.